The van der Waals surface area contributed by atoms with Crippen LogP contribution < -0.4 is 0 Å². The van der Waals surface area contributed by atoms with Crippen LogP contribution in [0.4, 0.5) is 0 Å². The number of alkyl halides is 1. The van der Waals surface area contributed by atoms with Crippen LogP contribution in [0.3, 0.4) is 0 Å². The lowest BCUT2D eigenvalue weighted by molar-refractivity contribution is 1.06. The molecule has 0 spiro atoms. The van der Waals surface area contributed by atoms with E-state index in [4.69, 9.17) is 23.2 Å². The van der Waals surface area contributed by atoms with Crippen molar-refractivity contribution >= 4 is 23.2 Å². The number of hydrogen-bond acceptors (Lipinski definition) is 0. The first-order chi connectivity index (χ1) is 4.34. The highest BCUT2D eigenvalue weighted by Crippen LogP contribution is 2.38. The van der Waals surface area contributed by atoms with Crippen LogP contribution in [0, 0.1) is 5.92 Å². The van der Waals surface area contributed by atoms with E-state index in [1.54, 1.807) is 0 Å². The van der Waals surface area contributed by atoms with Gasteiger partial charge in [-0.2, -0.15) is 0 Å². The Morgan fingerprint density at radius 2 is 2.22 bits per heavy atom. The molecule has 0 bridgehead atoms. The molecule has 1 fully saturated rings. The molecule has 0 aromatic rings. The van der Waals surface area contributed by atoms with Gasteiger partial charge in [0.15, 0.2) is 0 Å². The van der Waals surface area contributed by atoms with Gasteiger partial charge in [0.05, 0.1) is 0 Å². The van der Waals surface area contributed by atoms with E-state index in [9.17, 15) is 0 Å². The van der Waals surface area contributed by atoms with Crippen molar-refractivity contribution in [2.75, 3.05) is 5.88 Å². The van der Waals surface area contributed by atoms with E-state index in [0.717, 1.165) is 11.5 Å². The minimum Gasteiger partial charge on any atom is -0.126 e. The van der Waals surface area contributed by atoms with Crippen molar-refractivity contribution in [2.45, 2.75) is 19.3 Å². The van der Waals surface area contributed by atoms with Crippen molar-refractivity contribution < 1.29 is 0 Å². The molecular weight excluding hydrogens is 155 g/mol. The van der Waals surface area contributed by atoms with Crippen molar-refractivity contribution in [3.8, 4) is 0 Å². The summed E-state index contributed by atoms with van der Waals surface area (Å²) >= 11 is 11.3. The van der Waals surface area contributed by atoms with Gasteiger partial charge in [0.25, 0.3) is 0 Å². The van der Waals surface area contributed by atoms with E-state index in [2.05, 4.69) is 0 Å². The number of halogens is 2. The number of hydrogen-bond donors (Lipinski definition) is 0. The lowest BCUT2D eigenvalue weighted by Crippen LogP contribution is -1.75. The molecule has 0 amide bonds. The van der Waals surface area contributed by atoms with E-state index in [0.29, 0.717) is 11.8 Å². The van der Waals surface area contributed by atoms with E-state index in [1.807, 2.05) is 6.08 Å². The third kappa shape index (κ3) is 2.59. The second kappa shape index (κ2) is 3.48. The summed E-state index contributed by atoms with van der Waals surface area (Å²) in [4.78, 5) is 0. The standard InChI is InChI=1S/C7H10Cl2/c8-5-1-2-7(9)6-3-4-6/h2,6H,1,3-5H2. The summed E-state index contributed by atoms with van der Waals surface area (Å²) in [6, 6.07) is 0. The molecule has 0 atom stereocenters. The highest BCUT2D eigenvalue weighted by atomic mass is 35.5. The van der Waals surface area contributed by atoms with Gasteiger partial charge in [0.2, 0.25) is 0 Å². The van der Waals surface area contributed by atoms with Gasteiger partial charge in [-0.3, -0.25) is 0 Å². The molecule has 0 aromatic carbocycles. The molecule has 0 saturated heterocycles. The molecule has 9 heavy (non-hydrogen) atoms. The quantitative estimate of drug-likeness (QED) is 0.563. The van der Waals surface area contributed by atoms with Crippen LogP contribution in [0.2, 0.25) is 0 Å². The molecule has 0 nitrogen and oxygen atoms in total. The normalized spacial score (nSPS) is 20.4. The highest BCUT2D eigenvalue weighted by Gasteiger charge is 2.23. The van der Waals surface area contributed by atoms with Crippen LogP contribution in [0.25, 0.3) is 0 Å². The van der Waals surface area contributed by atoms with Crippen LogP contribution in [0.15, 0.2) is 11.1 Å². The number of allylic oxidation sites excluding steroid dienone is 2. The Labute approximate surface area is 65.8 Å². The van der Waals surface area contributed by atoms with E-state index < -0.39 is 0 Å². The zero-order chi connectivity index (χ0) is 6.69. The third-order valence-corrected chi connectivity index (χ3v) is 2.10. The number of rotatable bonds is 3. The van der Waals surface area contributed by atoms with Gasteiger partial charge < -0.3 is 0 Å². The molecule has 52 valence electrons. The van der Waals surface area contributed by atoms with Gasteiger partial charge in [0.1, 0.15) is 0 Å². The van der Waals surface area contributed by atoms with Gasteiger partial charge in [-0.15, -0.1) is 11.6 Å². The second-order valence-electron chi connectivity index (χ2n) is 2.34. The maximum atomic E-state index is 5.86. The Morgan fingerprint density at radius 3 is 2.67 bits per heavy atom. The van der Waals surface area contributed by atoms with Crippen LogP contribution in [-0.2, 0) is 0 Å². The Hall–Kier alpha value is 0.320. The fraction of sp³-hybridized carbons (Fsp3) is 0.714. The molecule has 0 heterocycles. The van der Waals surface area contributed by atoms with Crippen LogP contribution >= 0.6 is 23.2 Å². The zero-order valence-electron chi connectivity index (χ0n) is 5.24. The van der Waals surface area contributed by atoms with Gasteiger partial charge >= 0.3 is 0 Å². The van der Waals surface area contributed by atoms with Crippen molar-refractivity contribution in [2.24, 2.45) is 5.92 Å². The molecule has 0 aliphatic heterocycles. The summed E-state index contributed by atoms with van der Waals surface area (Å²) < 4.78 is 0. The van der Waals surface area contributed by atoms with Crippen molar-refractivity contribution in [1.82, 2.24) is 0 Å². The summed E-state index contributed by atoms with van der Waals surface area (Å²) in [5.41, 5.74) is 0. The zero-order valence-corrected chi connectivity index (χ0v) is 6.75. The van der Waals surface area contributed by atoms with E-state index in [1.165, 1.54) is 12.8 Å². The summed E-state index contributed by atoms with van der Waals surface area (Å²) in [5.74, 6) is 1.37. The van der Waals surface area contributed by atoms with E-state index >= 15 is 0 Å². The molecular formula is C7H10Cl2. The molecule has 0 aromatic heterocycles. The SMILES string of the molecule is ClCCC=C(Cl)C1CC1. The van der Waals surface area contributed by atoms with Gasteiger partial charge in [-0.05, 0) is 25.2 Å². The average Bonchev–Trinajstić information content (AvgIpc) is 2.63. The molecule has 1 aliphatic carbocycles. The van der Waals surface area contributed by atoms with Gasteiger partial charge in [-0.25, -0.2) is 0 Å². The maximum absolute atomic E-state index is 5.86. The molecule has 0 N–H and O–H groups in total. The van der Waals surface area contributed by atoms with Crippen molar-refractivity contribution in [3.05, 3.63) is 11.1 Å². The lowest BCUT2D eigenvalue weighted by Gasteiger charge is -1.90. The molecule has 2 heteroatoms. The Balaban J connectivity index is 2.20. The van der Waals surface area contributed by atoms with Gasteiger partial charge in [-0.1, -0.05) is 17.7 Å². The first-order valence-corrected chi connectivity index (χ1v) is 4.17. The molecule has 0 unspecified atom stereocenters. The average molecular weight is 165 g/mol. The van der Waals surface area contributed by atoms with Crippen molar-refractivity contribution in [3.63, 3.8) is 0 Å². The molecule has 0 radical (unpaired) electrons. The first kappa shape index (κ1) is 7.43. The second-order valence-corrected chi connectivity index (χ2v) is 3.16. The monoisotopic (exact) mass is 164 g/mol. The van der Waals surface area contributed by atoms with Gasteiger partial charge in [0, 0.05) is 10.9 Å². The minimum absolute atomic E-state index is 0.683. The molecule has 1 saturated carbocycles. The third-order valence-electron chi connectivity index (χ3n) is 1.42. The smallest absolute Gasteiger partial charge is 0.0258 e. The highest BCUT2D eigenvalue weighted by molar-refractivity contribution is 6.30. The summed E-state index contributed by atoms with van der Waals surface area (Å²) in [6.45, 7) is 0. The largest absolute Gasteiger partial charge is 0.126 e. The van der Waals surface area contributed by atoms with Crippen LogP contribution in [0.1, 0.15) is 19.3 Å². The predicted molar refractivity (Wildman–Crippen MR) is 42.0 cm³/mol. The minimum atomic E-state index is 0.683. The summed E-state index contributed by atoms with van der Waals surface area (Å²) in [6.07, 6.45) is 5.50. The Kier molecular flexibility index (Phi) is 2.87. The van der Waals surface area contributed by atoms with Crippen molar-refractivity contribution in [1.29, 1.82) is 0 Å². The predicted octanol–water partition coefficient (Wildman–Crippen LogP) is 3.15. The van der Waals surface area contributed by atoms with Crippen LogP contribution in [0.5, 0.6) is 0 Å². The summed E-state index contributed by atoms with van der Waals surface area (Å²) in [5, 5.41) is 1.02. The van der Waals surface area contributed by atoms with Crippen LogP contribution in [-0.4, -0.2) is 5.88 Å². The Bertz CT molecular complexity index is 114. The summed E-state index contributed by atoms with van der Waals surface area (Å²) in [7, 11) is 0. The van der Waals surface area contributed by atoms with E-state index in [-0.39, 0.29) is 0 Å². The Morgan fingerprint density at radius 1 is 1.56 bits per heavy atom. The molecule has 1 aliphatic rings. The lowest BCUT2D eigenvalue weighted by atomic mass is 10.3. The first-order valence-electron chi connectivity index (χ1n) is 3.26. The topological polar surface area (TPSA) is 0 Å². The fourth-order valence-corrected chi connectivity index (χ4v) is 1.15. The maximum Gasteiger partial charge on any atom is 0.0258 e. The molecule has 1 rings (SSSR count). The fourth-order valence-electron chi connectivity index (χ4n) is 0.718.